The van der Waals surface area contributed by atoms with E-state index in [2.05, 4.69) is 25.2 Å². The summed E-state index contributed by atoms with van der Waals surface area (Å²) in [5.41, 5.74) is 9.60. The predicted octanol–water partition coefficient (Wildman–Crippen LogP) is 3.70. The fourth-order valence-electron chi connectivity index (χ4n) is 2.59. The van der Waals surface area contributed by atoms with Crippen molar-refractivity contribution in [2.24, 2.45) is 11.7 Å². The summed E-state index contributed by atoms with van der Waals surface area (Å²) in [6, 6.07) is 3.89. The van der Waals surface area contributed by atoms with Crippen molar-refractivity contribution in [3.05, 3.63) is 34.7 Å². The molecule has 2 aromatic rings. The standard InChI is InChI=1S/C15H20ClN3/c1-15(2,3)14-13(12(17)9-4-5-9)19-8-10(16)6-7-11(19)18-14/h6-9,12H,4-5,17H2,1-3H3. The Bertz CT molecular complexity index is 620. The van der Waals surface area contributed by atoms with Crippen LogP contribution >= 0.6 is 11.6 Å². The van der Waals surface area contributed by atoms with Crippen molar-refractivity contribution in [2.75, 3.05) is 0 Å². The van der Waals surface area contributed by atoms with Gasteiger partial charge in [-0.3, -0.25) is 0 Å². The van der Waals surface area contributed by atoms with Crippen LogP contribution in [0.15, 0.2) is 18.3 Å². The zero-order valence-corrected chi connectivity index (χ0v) is 12.4. The smallest absolute Gasteiger partial charge is 0.137 e. The molecule has 2 aromatic heterocycles. The van der Waals surface area contributed by atoms with Crippen LogP contribution in [0.5, 0.6) is 0 Å². The topological polar surface area (TPSA) is 43.3 Å². The summed E-state index contributed by atoms with van der Waals surface area (Å²) in [5.74, 6) is 0.597. The Balaban J connectivity index is 2.26. The second-order valence-electron chi connectivity index (χ2n) is 6.53. The minimum Gasteiger partial charge on any atom is -0.322 e. The number of aromatic nitrogens is 2. The first kappa shape index (κ1) is 12.9. The van der Waals surface area contributed by atoms with E-state index in [0.717, 1.165) is 22.1 Å². The highest BCUT2D eigenvalue weighted by Crippen LogP contribution is 2.42. The number of hydrogen-bond donors (Lipinski definition) is 1. The third-order valence-corrected chi connectivity index (χ3v) is 4.00. The maximum atomic E-state index is 6.45. The maximum absolute atomic E-state index is 6.45. The molecule has 0 radical (unpaired) electrons. The lowest BCUT2D eigenvalue weighted by Crippen LogP contribution is -2.22. The minimum absolute atomic E-state index is 0.0136. The summed E-state index contributed by atoms with van der Waals surface area (Å²) in [6.07, 6.45) is 4.37. The molecule has 1 fully saturated rings. The van der Waals surface area contributed by atoms with E-state index < -0.39 is 0 Å². The van der Waals surface area contributed by atoms with Crippen molar-refractivity contribution in [1.29, 1.82) is 0 Å². The van der Waals surface area contributed by atoms with Gasteiger partial charge in [-0.05, 0) is 30.9 Å². The van der Waals surface area contributed by atoms with E-state index in [9.17, 15) is 0 Å². The van der Waals surface area contributed by atoms with Gasteiger partial charge in [0.05, 0.1) is 22.5 Å². The Morgan fingerprint density at radius 3 is 2.63 bits per heavy atom. The number of imidazole rings is 1. The first-order valence-corrected chi connectivity index (χ1v) is 7.19. The van der Waals surface area contributed by atoms with Crippen LogP contribution < -0.4 is 5.73 Å². The van der Waals surface area contributed by atoms with Crippen molar-refractivity contribution in [1.82, 2.24) is 9.38 Å². The van der Waals surface area contributed by atoms with Gasteiger partial charge in [0, 0.05) is 11.6 Å². The summed E-state index contributed by atoms with van der Waals surface area (Å²) < 4.78 is 2.08. The normalized spacial score (nSPS) is 17.9. The van der Waals surface area contributed by atoms with Crippen molar-refractivity contribution in [3.63, 3.8) is 0 Å². The van der Waals surface area contributed by atoms with Gasteiger partial charge >= 0.3 is 0 Å². The third kappa shape index (κ3) is 2.26. The molecule has 1 unspecified atom stereocenters. The van der Waals surface area contributed by atoms with Gasteiger partial charge in [0.15, 0.2) is 0 Å². The highest BCUT2D eigenvalue weighted by molar-refractivity contribution is 6.30. The van der Waals surface area contributed by atoms with Crippen LogP contribution in [0.2, 0.25) is 5.02 Å². The summed E-state index contributed by atoms with van der Waals surface area (Å²) in [6.45, 7) is 6.54. The van der Waals surface area contributed by atoms with Crippen LogP contribution in [-0.2, 0) is 5.41 Å². The molecule has 4 heteroatoms. The lowest BCUT2D eigenvalue weighted by Gasteiger charge is -2.21. The Kier molecular flexibility index (Phi) is 2.88. The van der Waals surface area contributed by atoms with Gasteiger partial charge in [-0.25, -0.2) is 4.98 Å². The second kappa shape index (κ2) is 4.22. The highest BCUT2D eigenvalue weighted by Gasteiger charge is 2.35. The van der Waals surface area contributed by atoms with Crippen molar-refractivity contribution in [2.45, 2.75) is 45.1 Å². The molecule has 0 amide bonds. The summed E-state index contributed by atoms with van der Waals surface area (Å²) in [5, 5.41) is 0.717. The van der Waals surface area contributed by atoms with Gasteiger partial charge in [0.1, 0.15) is 5.65 Å². The van der Waals surface area contributed by atoms with Gasteiger partial charge in [-0.15, -0.1) is 0 Å². The van der Waals surface area contributed by atoms with Crippen LogP contribution in [-0.4, -0.2) is 9.38 Å². The fourth-order valence-corrected chi connectivity index (χ4v) is 2.75. The molecule has 2 N–H and O–H groups in total. The van der Waals surface area contributed by atoms with E-state index in [1.807, 2.05) is 18.3 Å². The fraction of sp³-hybridized carbons (Fsp3) is 0.533. The number of rotatable bonds is 2. The number of nitrogens with two attached hydrogens (primary N) is 1. The molecule has 0 saturated heterocycles. The largest absolute Gasteiger partial charge is 0.322 e. The van der Waals surface area contributed by atoms with Gasteiger partial charge < -0.3 is 10.1 Å². The molecule has 3 nitrogen and oxygen atoms in total. The second-order valence-corrected chi connectivity index (χ2v) is 6.97. The molecule has 0 bridgehead atoms. The van der Waals surface area contributed by atoms with Gasteiger partial charge in [-0.1, -0.05) is 32.4 Å². The Labute approximate surface area is 118 Å². The van der Waals surface area contributed by atoms with E-state index >= 15 is 0 Å². The number of pyridine rings is 1. The van der Waals surface area contributed by atoms with E-state index in [0.29, 0.717) is 5.92 Å². The Morgan fingerprint density at radius 2 is 2.05 bits per heavy atom. The molecule has 1 saturated carbocycles. The molecule has 0 spiro atoms. The molecule has 2 heterocycles. The molecule has 1 aliphatic carbocycles. The maximum Gasteiger partial charge on any atom is 0.137 e. The van der Waals surface area contributed by atoms with Crippen LogP contribution in [0, 0.1) is 5.92 Å². The molecular formula is C15H20ClN3. The van der Waals surface area contributed by atoms with Crippen LogP contribution in [0.1, 0.15) is 51.0 Å². The Morgan fingerprint density at radius 1 is 1.37 bits per heavy atom. The third-order valence-electron chi connectivity index (χ3n) is 3.78. The highest BCUT2D eigenvalue weighted by atomic mass is 35.5. The molecule has 102 valence electrons. The van der Waals surface area contributed by atoms with E-state index in [4.69, 9.17) is 22.3 Å². The molecule has 19 heavy (non-hydrogen) atoms. The zero-order chi connectivity index (χ0) is 13.8. The summed E-state index contributed by atoms with van der Waals surface area (Å²) >= 11 is 6.12. The number of halogens is 1. The lowest BCUT2D eigenvalue weighted by molar-refractivity contribution is 0.532. The lowest BCUT2D eigenvalue weighted by atomic mass is 9.88. The van der Waals surface area contributed by atoms with Gasteiger partial charge in [-0.2, -0.15) is 0 Å². The van der Waals surface area contributed by atoms with Crippen molar-refractivity contribution in [3.8, 4) is 0 Å². The van der Waals surface area contributed by atoms with Crippen LogP contribution in [0.25, 0.3) is 5.65 Å². The average molecular weight is 278 g/mol. The zero-order valence-electron chi connectivity index (χ0n) is 11.7. The number of nitrogens with zero attached hydrogens (tertiary/aromatic N) is 2. The predicted molar refractivity (Wildman–Crippen MR) is 78.6 cm³/mol. The number of hydrogen-bond acceptors (Lipinski definition) is 2. The number of fused-ring (bicyclic) bond motifs is 1. The van der Waals surface area contributed by atoms with Crippen molar-refractivity contribution >= 4 is 17.2 Å². The van der Waals surface area contributed by atoms with Crippen LogP contribution in [0.4, 0.5) is 0 Å². The van der Waals surface area contributed by atoms with Crippen LogP contribution in [0.3, 0.4) is 0 Å². The summed E-state index contributed by atoms with van der Waals surface area (Å²) in [4.78, 5) is 4.78. The van der Waals surface area contributed by atoms with Gasteiger partial charge in [0.2, 0.25) is 0 Å². The average Bonchev–Trinajstić information content (AvgIpc) is 3.08. The van der Waals surface area contributed by atoms with E-state index in [-0.39, 0.29) is 11.5 Å². The Hall–Kier alpha value is -1.06. The molecular weight excluding hydrogens is 258 g/mol. The SMILES string of the molecule is CC(C)(C)c1nc2ccc(Cl)cn2c1C(N)C1CC1. The monoisotopic (exact) mass is 277 g/mol. The van der Waals surface area contributed by atoms with Crippen molar-refractivity contribution < 1.29 is 0 Å². The summed E-state index contributed by atoms with van der Waals surface area (Å²) in [7, 11) is 0. The van der Waals surface area contributed by atoms with E-state index in [1.54, 1.807) is 0 Å². The molecule has 3 rings (SSSR count). The quantitative estimate of drug-likeness (QED) is 0.910. The molecule has 1 aliphatic rings. The molecule has 0 aromatic carbocycles. The van der Waals surface area contributed by atoms with Gasteiger partial charge in [0.25, 0.3) is 0 Å². The minimum atomic E-state index is -0.0136. The first-order valence-electron chi connectivity index (χ1n) is 6.81. The molecule has 1 atom stereocenters. The van der Waals surface area contributed by atoms with E-state index in [1.165, 1.54) is 12.8 Å². The molecule has 0 aliphatic heterocycles. The first-order chi connectivity index (χ1) is 8.88.